The third kappa shape index (κ3) is 2.94. The highest BCUT2D eigenvalue weighted by Gasteiger charge is 2.34. The van der Waals surface area contributed by atoms with Crippen molar-refractivity contribution in [3.8, 4) is 0 Å². The Morgan fingerprint density at radius 2 is 2.24 bits per heavy atom. The van der Waals surface area contributed by atoms with Crippen LogP contribution in [-0.2, 0) is 19.1 Å². The minimum absolute atomic E-state index is 0.0711. The molecule has 94 valence electrons. The van der Waals surface area contributed by atoms with Gasteiger partial charge in [-0.1, -0.05) is 6.08 Å². The molecule has 0 radical (unpaired) electrons. The molecule has 2 atom stereocenters. The summed E-state index contributed by atoms with van der Waals surface area (Å²) in [6.07, 6.45) is 1.84. The maximum absolute atomic E-state index is 11.5. The number of allylic oxidation sites excluding steroid dienone is 1. The number of ether oxygens (including phenoxy) is 2. The van der Waals surface area contributed by atoms with Gasteiger partial charge in [0.1, 0.15) is 5.78 Å². The zero-order valence-corrected chi connectivity index (χ0v) is 10.1. The summed E-state index contributed by atoms with van der Waals surface area (Å²) < 4.78 is 9.56. The van der Waals surface area contributed by atoms with E-state index in [9.17, 15) is 14.7 Å². The monoisotopic (exact) mass is 240 g/mol. The Hall–Kier alpha value is -1.62. The number of methoxy groups -OCH3 is 1. The van der Waals surface area contributed by atoms with Crippen molar-refractivity contribution in [1.29, 1.82) is 0 Å². The summed E-state index contributed by atoms with van der Waals surface area (Å²) in [6.45, 7) is 3.15. The zero-order chi connectivity index (χ0) is 13.0. The van der Waals surface area contributed by atoms with Gasteiger partial charge >= 0.3 is 5.97 Å². The Morgan fingerprint density at radius 1 is 1.59 bits per heavy atom. The smallest absolute Gasteiger partial charge is 0.337 e. The highest BCUT2D eigenvalue weighted by atomic mass is 16.6. The van der Waals surface area contributed by atoms with Gasteiger partial charge in [0.15, 0.2) is 0 Å². The molecular weight excluding hydrogens is 224 g/mol. The van der Waals surface area contributed by atoms with Gasteiger partial charge < -0.3 is 14.6 Å². The van der Waals surface area contributed by atoms with Crippen LogP contribution in [0.15, 0.2) is 23.5 Å². The van der Waals surface area contributed by atoms with Crippen molar-refractivity contribution in [2.45, 2.75) is 26.6 Å². The summed E-state index contributed by atoms with van der Waals surface area (Å²) in [7, 11) is 1.26. The molecule has 0 fully saturated rings. The van der Waals surface area contributed by atoms with E-state index in [1.807, 2.05) is 0 Å². The maximum Gasteiger partial charge on any atom is 0.337 e. The number of hydrogen-bond donors (Lipinski definition) is 1. The van der Waals surface area contributed by atoms with Crippen LogP contribution in [0.25, 0.3) is 0 Å². The van der Waals surface area contributed by atoms with Crippen molar-refractivity contribution < 1.29 is 24.2 Å². The number of Topliss-reactive ketones (excluding diaryl/α,β-unsaturated/α-hetero) is 1. The second-order valence-corrected chi connectivity index (χ2v) is 3.80. The molecule has 1 heterocycles. The third-order valence-corrected chi connectivity index (χ3v) is 2.63. The van der Waals surface area contributed by atoms with E-state index in [2.05, 4.69) is 4.74 Å². The fraction of sp³-hybridized carbons (Fsp3) is 0.500. The van der Waals surface area contributed by atoms with Gasteiger partial charge in [-0.25, -0.2) is 4.79 Å². The van der Waals surface area contributed by atoms with E-state index in [-0.39, 0.29) is 17.8 Å². The first-order valence-corrected chi connectivity index (χ1v) is 5.28. The molecule has 0 saturated carbocycles. The van der Waals surface area contributed by atoms with Crippen LogP contribution in [0.4, 0.5) is 0 Å². The lowest BCUT2D eigenvalue weighted by Gasteiger charge is -2.28. The fourth-order valence-electron chi connectivity index (χ4n) is 1.82. The standard InChI is InChI=1S/C12H16O5/c1-4-8-9(5-7(2)13)10(11(14)16-3)6-17-12(8)15/h4,6,9,12,15H,5H2,1-3H3/b8-4+. The normalized spacial score (nSPS) is 26.1. The van der Waals surface area contributed by atoms with Crippen molar-refractivity contribution in [3.63, 3.8) is 0 Å². The molecule has 0 saturated heterocycles. The Labute approximate surface area is 99.7 Å². The predicted octanol–water partition coefficient (Wildman–Crippen LogP) is 0.933. The molecule has 2 unspecified atom stereocenters. The Bertz CT molecular complexity index is 380. The first-order valence-electron chi connectivity index (χ1n) is 5.28. The highest BCUT2D eigenvalue weighted by Crippen LogP contribution is 2.32. The van der Waals surface area contributed by atoms with E-state index in [1.54, 1.807) is 13.0 Å². The van der Waals surface area contributed by atoms with Gasteiger partial charge in [-0.3, -0.25) is 4.79 Å². The van der Waals surface area contributed by atoms with Gasteiger partial charge in [0.2, 0.25) is 6.29 Å². The molecule has 17 heavy (non-hydrogen) atoms. The van der Waals surface area contributed by atoms with E-state index in [1.165, 1.54) is 14.0 Å². The van der Waals surface area contributed by atoms with Gasteiger partial charge in [0.25, 0.3) is 0 Å². The summed E-state index contributed by atoms with van der Waals surface area (Å²) in [5, 5.41) is 9.63. The summed E-state index contributed by atoms with van der Waals surface area (Å²) in [6, 6.07) is 0. The number of carbonyl (C=O) groups is 2. The van der Waals surface area contributed by atoms with E-state index in [0.717, 1.165) is 6.26 Å². The summed E-state index contributed by atoms with van der Waals surface area (Å²) in [4.78, 5) is 22.7. The fourth-order valence-corrected chi connectivity index (χ4v) is 1.82. The second kappa shape index (κ2) is 5.63. The van der Waals surface area contributed by atoms with Gasteiger partial charge in [-0.05, 0) is 13.8 Å². The predicted molar refractivity (Wildman–Crippen MR) is 59.7 cm³/mol. The first-order chi connectivity index (χ1) is 8.01. The molecule has 0 aromatic heterocycles. The van der Waals surface area contributed by atoms with Crippen LogP contribution in [-0.4, -0.2) is 30.3 Å². The van der Waals surface area contributed by atoms with Crippen LogP contribution in [0, 0.1) is 5.92 Å². The molecule has 0 bridgehead atoms. The van der Waals surface area contributed by atoms with Gasteiger partial charge in [-0.2, -0.15) is 0 Å². The minimum atomic E-state index is -1.11. The number of carbonyl (C=O) groups excluding carboxylic acids is 2. The van der Waals surface area contributed by atoms with E-state index < -0.39 is 18.2 Å². The molecule has 0 aromatic carbocycles. The summed E-state index contributed by atoms with van der Waals surface area (Å²) in [5.74, 6) is -1.10. The van der Waals surface area contributed by atoms with Crippen LogP contribution in [0.3, 0.4) is 0 Å². The molecule has 1 aliphatic heterocycles. The summed E-state index contributed by atoms with van der Waals surface area (Å²) >= 11 is 0. The van der Waals surface area contributed by atoms with Crippen LogP contribution >= 0.6 is 0 Å². The maximum atomic E-state index is 11.5. The number of ketones is 1. The molecular formula is C12H16O5. The number of aliphatic hydroxyl groups excluding tert-OH is 1. The molecule has 1 rings (SSSR count). The third-order valence-electron chi connectivity index (χ3n) is 2.63. The van der Waals surface area contributed by atoms with Crippen LogP contribution in [0.5, 0.6) is 0 Å². The second-order valence-electron chi connectivity index (χ2n) is 3.80. The number of esters is 1. The lowest BCUT2D eigenvalue weighted by Crippen LogP contribution is -2.30. The van der Waals surface area contributed by atoms with Gasteiger partial charge in [0, 0.05) is 17.9 Å². The van der Waals surface area contributed by atoms with Crippen molar-refractivity contribution in [2.24, 2.45) is 5.92 Å². The topological polar surface area (TPSA) is 72.8 Å². The van der Waals surface area contributed by atoms with E-state index in [4.69, 9.17) is 4.74 Å². The zero-order valence-electron chi connectivity index (χ0n) is 10.1. The Kier molecular flexibility index (Phi) is 4.45. The lowest BCUT2D eigenvalue weighted by atomic mass is 9.85. The molecule has 5 heteroatoms. The number of rotatable bonds is 3. The SMILES string of the molecule is C/C=C1/C(O)OC=C(C(=O)OC)C1CC(C)=O. The molecule has 5 nitrogen and oxygen atoms in total. The van der Waals surface area contributed by atoms with Crippen molar-refractivity contribution >= 4 is 11.8 Å². The molecule has 1 aliphatic rings. The highest BCUT2D eigenvalue weighted by molar-refractivity contribution is 5.91. The average molecular weight is 240 g/mol. The van der Waals surface area contributed by atoms with Gasteiger partial charge in [0.05, 0.1) is 18.9 Å². The van der Waals surface area contributed by atoms with Crippen molar-refractivity contribution in [3.05, 3.63) is 23.5 Å². The molecule has 1 N–H and O–H groups in total. The number of aliphatic hydroxyl groups is 1. The first kappa shape index (κ1) is 13.4. The van der Waals surface area contributed by atoms with Crippen molar-refractivity contribution in [2.75, 3.05) is 7.11 Å². The molecule has 0 spiro atoms. The van der Waals surface area contributed by atoms with Crippen LogP contribution in [0.2, 0.25) is 0 Å². The van der Waals surface area contributed by atoms with Crippen LogP contribution in [0.1, 0.15) is 20.3 Å². The minimum Gasteiger partial charge on any atom is -0.468 e. The Balaban J connectivity index is 3.09. The molecule has 0 amide bonds. The van der Waals surface area contributed by atoms with Crippen molar-refractivity contribution in [1.82, 2.24) is 0 Å². The molecule has 0 aliphatic carbocycles. The quantitative estimate of drug-likeness (QED) is 0.587. The largest absolute Gasteiger partial charge is 0.468 e. The summed E-state index contributed by atoms with van der Waals surface area (Å²) in [5.41, 5.74) is 0.754. The van der Waals surface area contributed by atoms with E-state index >= 15 is 0 Å². The van der Waals surface area contributed by atoms with Gasteiger partial charge in [-0.15, -0.1) is 0 Å². The molecule has 0 aromatic rings. The van der Waals surface area contributed by atoms with E-state index in [0.29, 0.717) is 5.57 Å². The lowest BCUT2D eigenvalue weighted by molar-refractivity contribution is -0.137. The number of hydrogen-bond acceptors (Lipinski definition) is 5. The Morgan fingerprint density at radius 3 is 2.71 bits per heavy atom. The van der Waals surface area contributed by atoms with Crippen LogP contribution < -0.4 is 0 Å². The average Bonchev–Trinajstić information content (AvgIpc) is 2.28.